The summed E-state index contributed by atoms with van der Waals surface area (Å²) >= 11 is 0. The Kier molecular flexibility index (Phi) is 4.02. The third-order valence-electron chi connectivity index (χ3n) is 2.37. The molecule has 0 spiro atoms. The average Bonchev–Trinajstić information content (AvgIpc) is 2.15. The van der Waals surface area contributed by atoms with E-state index in [1.165, 1.54) is 0 Å². The van der Waals surface area contributed by atoms with Gasteiger partial charge in [-0.2, -0.15) is 0 Å². The molecule has 0 aromatic carbocycles. The molecule has 0 aromatic rings. The van der Waals surface area contributed by atoms with E-state index in [4.69, 9.17) is 4.84 Å². The van der Waals surface area contributed by atoms with Crippen LogP contribution in [0.25, 0.3) is 0 Å². The third kappa shape index (κ3) is 3.22. The van der Waals surface area contributed by atoms with Gasteiger partial charge < -0.3 is 4.90 Å². The van der Waals surface area contributed by atoms with Gasteiger partial charge in [-0.25, -0.2) is 10.3 Å². The molecule has 4 heteroatoms. The minimum absolute atomic E-state index is 0.103. The second-order valence-electron chi connectivity index (χ2n) is 3.51. The van der Waals surface area contributed by atoms with Crippen LogP contribution in [0, 0.1) is 5.92 Å². The molecule has 1 heterocycles. The summed E-state index contributed by atoms with van der Waals surface area (Å²) < 4.78 is 0. The van der Waals surface area contributed by atoms with Gasteiger partial charge in [-0.3, -0.25) is 4.84 Å². The maximum Gasteiger partial charge on any atom is 0.341 e. The number of hydrogen-bond donors (Lipinski definition) is 1. The van der Waals surface area contributed by atoms with Crippen LogP contribution >= 0.6 is 0 Å². The second-order valence-corrected chi connectivity index (χ2v) is 3.51. The quantitative estimate of drug-likeness (QED) is 0.662. The van der Waals surface area contributed by atoms with Gasteiger partial charge in [-0.15, -0.1) is 0 Å². The van der Waals surface area contributed by atoms with E-state index < -0.39 is 0 Å². The fourth-order valence-electron chi connectivity index (χ4n) is 1.41. The highest BCUT2D eigenvalue weighted by Crippen LogP contribution is 2.15. The minimum atomic E-state index is -0.103. The maximum atomic E-state index is 11.4. The Bertz CT molecular complexity index is 165. The Morgan fingerprint density at radius 1 is 1.54 bits per heavy atom. The third-order valence-corrected chi connectivity index (χ3v) is 2.37. The minimum Gasteiger partial charge on any atom is -0.323 e. The topological polar surface area (TPSA) is 41.6 Å². The monoisotopic (exact) mass is 186 g/mol. The molecule has 0 aliphatic carbocycles. The molecule has 13 heavy (non-hydrogen) atoms. The first-order chi connectivity index (χ1) is 6.24. The van der Waals surface area contributed by atoms with Crippen molar-refractivity contribution >= 4 is 6.03 Å². The van der Waals surface area contributed by atoms with E-state index in [0.29, 0.717) is 6.61 Å². The number of urea groups is 1. The molecule has 1 rings (SSSR count). The van der Waals surface area contributed by atoms with Crippen LogP contribution in [0.4, 0.5) is 4.79 Å². The van der Waals surface area contributed by atoms with Crippen molar-refractivity contribution < 1.29 is 9.63 Å². The van der Waals surface area contributed by atoms with Crippen LogP contribution < -0.4 is 5.48 Å². The Morgan fingerprint density at radius 3 is 2.69 bits per heavy atom. The number of rotatable bonds is 2. The van der Waals surface area contributed by atoms with Crippen molar-refractivity contribution in [3.05, 3.63) is 0 Å². The number of nitrogens with one attached hydrogen (secondary N) is 1. The maximum absolute atomic E-state index is 11.4. The lowest BCUT2D eigenvalue weighted by Gasteiger charge is -2.29. The number of hydrogen-bond acceptors (Lipinski definition) is 2. The number of piperidine rings is 1. The van der Waals surface area contributed by atoms with Crippen molar-refractivity contribution in [2.75, 3.05) is 19.7 Å². The van der Waals surface area contributed by atoms with E-state index in [0.717, 1.165) is 31.8 Å². The van der Waals surface area contributed by atoms with Crippen molar-refractivity contribution in [1.29, 1.82) is 0 Å². The smallest absolute Gasteiger partial charge is 0.323 e. The van der Waals surface area contributed by atoms with Crippen molar-refractivity contribution in [1.82, 2.24) is 10.4 Å². The first kappa shape index (κ1) is 10.3. The predicted octanol–water partition coefficient (Wildman–Crippen LogP) is 1.38. The summed E-state index contributed by atoms with van der Waals surface area (Å²) in [5.74, 6) is 0.746. The summed E-state index contributed by atoms with van der Waals surface area (Å²) in [6.45, 7) is 6.27. The molecule has 1 saturated heterocycles. The summed E-state index contributed by atoms with van der Waals surface area (Å²) in [7, 11) is 0. The number of carbonyl (C=O) groups is 1. The molecule has 1 aliphatic rings. The predicted molar refractivity (Wildman–Crippen MR) is 50.1 cm³/mol. The number of nitrogens with zero attached hydrogens (tertiary/aromatic N) is 1. The standard InChI is InChI=1S/C9H18N2O2/c1-3-13-10-9(12)11-6-4-8(2)5-7-11/h8H,3-7H2,1-2H3,(H,10,12). The first-order valence-electron chi connectivity index (χ1n) is 4.90. The molecule has 0 unspecified atom stereocenters. The van der Waals surface area contributed by atoms with Crippen LogP contribution in [-0.2, 0) is 4.84 Å². The lowest BCUT2D eigenvalue weighted by molar-refractivity contribution is 0.0513. The number of amides is 2. The molecule has 1 N–H and O–H groups in total. The molecular formula is C9H18N2O2. The van der Waals surface area contributed by atoms with Crippen LogP contribution in [0.15, 0.2) is 0 Å². The number of likely N-dealkylation sites (tertiary alicyclic amines) is 1. The fraction of sp³-hybridized carbons (Fsp3) is 0.889. The molecular weight excluding hydrogens is 168 g/mol. The summed E-state index contributed by atoms with van der Waals surface area (Å²) in [6.07, 6.45) is 2.19. The van der Waals surface area contributed by atoms with Gasteiger partial charge in [0.1, 0.15) is 0 Å². The van der Waals surface area contributed by atoms with E-state index in [1.54, 1.807) is 4.90 Å². The normalized spacial score (nSPS) is 18.8. The van der Waals surface area contributed by atoms with Crippen molar-refractivity contribution in [2.24, 2.45) is 5.92 Å². The summed E-state index contributed by atoms with van der Waals surface area (Å²) in [5.41, 5.74) is 2.40. The molecule has 0 radical (unpaired) electrons. The van der Waals surface area contributed by atoms with Crippen LogP contribution in [0.5, 0.6) is 0 Å². The van der Waals surface area contributed by atoms with E-state index in [2.05, 4.69) is 12.4 Å². The molecule has 4 nitrogen and oxygen atoms in total. The molecule has 2 amide bonds. The molecule has 0 atom stereocenters. The van der Waals surface area contributed by atoms with Gasteiger partial charge in [-0.1, -0.05) is 6.92 Å². The van der Waals surface area contributed by atoms with Crippen molar-refractivity contribution in [2.45, 2.75) is 26.7 Å². The molecule has 0 saturated carbocycles. The van der Waals surface area contributed by atoms with Crippen molar-refractivity contribution in [3.63, 3.8) is 0 Å². The molecule has 1 fully saturated rings. The van der Waals surface area contributed by atoms with Gasteiger partial charge in [0.25, 0.3) is 0 Å². The SMILES string of the molecule is CCONC(=O)N1CCC(C)CC1. The summed E-state index contributed by atoms with van der Waals surface area (Å²) in [4.78, 5) is 18.0. The van der Waals surface area contributed by atoms with Crippen LogP contribution in [0.2, 0.25) is 0 Å². The Balaban J connectivity index is 2.23. The van der Waals surface area contributed by atoms with Gasteiger partial charge in [0, 0.05) is 13.1 Å². The van der Waals surface area contributed by atoms with Crippen LogP contribution in [0.3, 0.4) is 0 Å². The number of carbonyl (C=O) groups excluding carboxylic acids is 1. The average molecular weight is 186 g/mol. The largest absolute Gasteiger partial charge is 0.341 e. The van der Waals surface area contributed by atoms with Gasteiger partial charge >= 0.3 is 6.03 Å². The Labute approximate surface area is 79.2 Å². The summed E-state index contributed by atoms with van der Waals surface area (Å²) in [5, 5.41) is 0. The van der Waals surface area contributed by atoms with Gasteiger partial charge in [0.2, 0.25) is 0 Å². The van der Waals surface area contributed by atoms with Crippen LogP contribution in [-0.4, -0.2) is 30.6 Å². The van der Waals surface area contributed by atoms with E-state index in [9.17, 15) is 4.79 Å². The highest BCUT2D eigenvalue weighted by atomic mass is 16.7. The zero-order valence-corrected chi connectivity index (χ0v) is 8.38. The lowest BCUT2D eigenvalue weighted by atomic mass is 10.00. The van der Waals surface area contributed by atoms with Crippen LogP contribution in [0.1, 0.15) is 26.7 Å². The zero-order chi connectivity index (χ0) is 9.68. The van der Waals surface area contributed by atoms with Gasteiger partial charge in [0.15, 0.2) is 0 Å². The van der Waals surface area contributed by atoms with E-state index in [-0.39, 0.29) is 6.03 Å². The van der Waals surface area contributed by atoms with Gasteiger partial charge in [-0.05, 0) is 25.7 Å². The summed E-state index contributed by atoms with van der Waals surface area (Å²) in [6, 6.07) is -0.103. The van der Waals surface area contributed by atoms with Crippen molar-refractivity contribution in [3.8, 4) is 0 Å². The molecule has 0 bridgehead atoms. The molecule has 76 valence electrons. The zero-order valence-electron chi connectivity index (χ0n) is 8.38. The molecule has 0 aromatic heterocycles. The first-order valence-corrected chi connectivity index (χ1v) is 4.90. The fourth-order valence-corrected chi connectivity index (χ4v) is 1.41. The highest BCUT2D eigenvalue weighted by molar-refractivity contribution is 5.73. The van der Waals surface area contributed by atoms with E-state index in [1.807, 2.05) is 6.92 Å². The second kappa shape index (κ2) is 5.07. The number of hydroxylamine groups is 1. The highest BCUT2D eigenvalue weighted by Gasteiger charge is 2.19. The molecule has 1 aliphatic heterocycles. The van der Waals surface area contributed by atoms with Gasteiger partial charge in [0.05, 0.1) is 6.61 Å². The lowest BCUT2D eigenvalue weighted by Crippen LogP contribution is -2.44. The Morgan fingerprint density at radius 2 is 2.15 bits per heavy atom. The van der Waals surface area contributed by atoms with E-state index >= 15 is 0 Å². The Hall–Kier alpha value is -0.770.